The number of hydrogen-bond donors (Lipinski definition) is 1. The van der Waals surface area contributed by atoms with Crippen LogP contribution in [0, 0.1) is 5.82 Å². The number of imide groups is 1. The minimum absolute atomic E-state index is 0.262. The maximum atomic E-state index is 13.2. The SMILES string of the molecule is CC[C@@]1(c2ccccc2)NC(=O)N(CC(=O)N2CCN(c3ccc(F)cc3)CC2)C1=O. The van der Waals surface area contributed by atoms with E-state index in [0.29, 0.717) is 38.2 Å². The maximum Gasteiger partial charge on any atom is 0.325 e. The lowest BCUT2D eigenvalue weighted by molar-refractivity contribution is -0.139. The second-order valence-corrected chi connectivity index (χ2v) is 7.79. The van der Waals surface area contributed by atoms with Gasteiger partial charge in [-0.05, 0) is 36.2 Å². The average Bonchev–Trinajstić information content (AvgIpc) is 3.05. The highest BCUT2D eigenvalue weighted by Crippen LogP contribution is 2.32. The van der Waals surface area contributed by atoms with Gasteiger partial charge in [-0.25, -0.2) is 9.18 Å². The van der Waals surface area contributed by atoms with E-state index in [1.807, 2.05) is 37.3 Å². The molecule has 7 nitrogen and oxygen atoms in total. The summed E-state index contributed by atoms with van der Waals surface area (Å²) >= 11 is 0. The van der Waals surface area contributed by atoms with Gasteiger partial charge < -0.3 is 15.1 Å². The molecule has 162 valence electrons. The van der Waals surface area contributed by atoms with Gasteiger partial charge in [0.1, 0.15) is 17.9 Å². The molecule has 4 rings (SSSR count). The molecule has 0 spiro atoms. The fraction of sp³-hybridized carbons (Fsp3) is 0.348. The number of carbonyl (C=O) groups excluding carboxylic acids is 3. The van der Waals surface area contributed by atoms with Crippen LogP contribution < -0.4 is 10.2 Å². The number of carbonyl (C=O) groups is 3. The van der Waals surface area contributed by atoms with E-state index in [1.54, 1.807) is 17.0 Å². The molecule has 0 unspecified atom stereocenters. The van der Waals surface area contributed by atoms with Crippen molar-refractivity contribution in [1.29, 1.82) is 0 Å². The molecule has 2 aromatic carbocycles. The summed E-state index contributed by atoms with van der Waals surface area (Å²) in [6.45, 7) is 3.69. The van der Waals surface area contributed by atoms with E-state index in [1.165, 1.54) is 12.1 Å². The summed E-state index contributed by atoms with van der Waals surface area (Å²) in [7, 11) is 0. The molecule has 0 aromatic heterocycles. The van der Waals surface area contributed by atoms with Gasteiger partial charge in [-0.1, -0.05) is 37.3 Å². The van der Waals surface area contributed by atoms with Crippen LogP contribution in [0.15, 0.2) is 54.6 Å². The summed E-state index contributed by atoms with van der Waals surface area (Å²) in [5, 5.41) is 2.80. The summed E-state index contributed by atoms with van der Waals surface area (Å²) in [6.07, 6.45) is 0.391. The van der Waals surface area contributed by atoms with Crippen molar-refractivity contribution in [1.82, 2.24) is 15.1 Å². The summed E-state index contributed by atoms with van der Waals surface area (Å²) in [5.41, 5.74) is 0.469. The zero-order chi connectivity index (χ0) is 22.0. The van der Waals surface area contributed by atoms with Crippen LogP contribution in [0.3, 0.4) is 0 Å². The van der Waals surface area contributed by atoms with Gasteiger partial charge in [-0.15, -0.1) is 0 Å². The molecule has 0 radical (unpaired) electrons. The minimum atomic E-state index is -1.14. The maximum absolute atomic E-state index is 13.2. The zero-order valence-corrected chi connectivity index (χ0v) is 17.4. The molecule has 0 aliphatic carbocycles. The molecule has 8 heteroatoms. The third-order valence-electron chi connectivity index (χ3n) is 6.09. The van der Waals surface area contributed by atoms with Gasteiger partial charge in [0.05, 0.1) is 0 Å². The predicted octanol–water partition coefficient (Wildman–Crippen LogP) is 2.33. The Morgan fingerprint density at radius 1 is 1.00 bits per heavy atom. The molecule has 31 heavy (non-hydrogen) atoms. The van der Waals surface area contributed by atoms with Crippen molar-refractivity contribution in [3.05, 3.63) is 66.0 Å². The molecule has 4 amide bonds. The smallest absolute Gasteiger partial charge is 0.325 e. The highest BCUT2D eigenvalue weighted by atomic mass is 19.1. The van der Waals surface area contributed by atoms with Crippen molar-refractivity contribution in [3.8, 4) is 0 Å². The third-order valence-corrected chi connectivity index (χ3v) is 6.09. The van der Waals surface area contributed by atoms with Crippen LogP contribution in [0.5, 0.6) is 0 Å². The lowest BCUT2D eigenvalue weighted by Gasteiger charge is -2.36. The normalized spacial score (nSPS) is 21.4. The van der Waals surface area contributed by atoms with E-state index >= 15 is 0 Å². The number of halogens is 1. The number of hydrogen-bond acceptors (Lipinski definition) is 4. The summed E-state index contributed by atoms with van der Waals surface area (Å²) in [6, 6.07) is 14.8. The van der Waals surface area contributed by atoms with Crippen LogP contribution in [-0.2, 0) is 15.1 Å². The number of benzene rings is 2. The molecule has 0 bridgehead atoms. The summed E-state index contributed by atoms with van der Waals surface area (Å²) < 4.78 is 13.1. The highest BCUT2D eigenvalue weighted by Gasteiger charge is 2.51. The van der Waals surface area contributed by atoms with Crippen LogP contribution in [0.4, 0.5) is 14.9 Å². The summed E-state index contributed by atoms with van der Waals surface area (Å²) in [5.74, 6) is -0.948. The Kier molecular flexibility index (Phi) is 5.63. The first-order valence-corrected chi connectivity index (χ1v) is 10.4. The van der Waals surface area contributed by atoms with Gasteiger partial charge in [0.25, 0.3) is 5.91 Å². The van der Waals surface area contributed by atoms with Gasteiger partial charge in [0.2, 0.25) is 5.91 Å². The van der Waals surface area contributed by atoms with Gasteiger partial charge in [-0.3, -0.25) is 14.5 Å². The lowest BCUT2D eigenvalue weighted by atomic mass is 9.87. The first-order valence-electron chi connectivity index (χ1n) is 10.4. The molecule has 2 aliphatic rings. The Morgan fingerprint density at radius 3 is 2.26 bits per heavy atom. The van der Waals surface area contributed by atoms with Crippen molar-refractivity contribution in [2.24, 2.45) is 0 Å². The summed E-state index contributed by atoms with van der Waals surface area (Å²) in [4.78, 5) is 43.4. The Morgan fingerprint density at radius 2 is 1.65 bits per heavy atom. The molecule has 0 saturated carbocycles. The predicted molar refractivity (Wildman–Crippen MR) is 114 cm³/mol. The van der Waals surface area contributed by atoms with Crippen LogP contribution in [0.2, 0.25) is 0 Å². The molecule has 2 aromatic rings. The molecule has 2 saturated heterocycles. The monoisotopic (exact) mass is 424 g/mol. The number of rotatable bonds is 5. The van der Waals surface area contributed by atoms with Crippen molar-refractivity contribution in [2.45, 2.75) is 18.9 Å². The number of urea groups is 1. The molecular formula is C23H25FN4O3. The highest BCUT2D eigenvalue weighted by molar-refractivity contribution is 6.09. The quantitative estimate of drug-likeness (QED) is 0.748. The average molecular weight is 424 g/mol. The van der Waals surface area contributed by atoms with Crippen LogP contribution >= 0.6 is 0 Å². The van der Waals surface area contributed by atoms with Crippen LogP contribution in [0.25, 0.3) is 0 Å². The Labute approximate surface area is 180 Å². The lowest BCUT2D eigenvalue weighted by Crippen LogP contribution is -2.52. The Hall–Kier alpha value is -3.42. The van der Waals surface area contributed by atoms with Crippen molar-refractivity contribution < 1.29 is 18.8 Å². The second-order valence-electron chi connectivity index (χ2n) is 7.79. The van der Waals surface area contributed by atoms with Crippen molar-refractivity contribution in [2.75, 3.05) is 37.6 Å². The zero-order valence-electron chi connectivity index (χ0n) is 17.4. The molecule has 2 heterocycles. The minimum Gasteiger partial charge on any atom is -0.368 e. The van der Waals surface area contributed by atoms with E-state index < -0.39 is 17.5 Å². The number of anilines is 1. The van der Waals surface area contributed by atoms with E-state index in [2.05, 4.69) is 10.2 Å². The van der Waals surface area contributed by atoms with Crippen molar-refractivity contribution in [3.63, 3.8) is 0 Å². The second kappa shape index (κ2) is 8.37. The van der Waals surface area contributed by atoms with Crippen LogP contribution in [-0.4, -0.2) is 60.4 Å². The van der Waals surface area contributed by atoms with E-state index in [4.69, 9.17) is 0 Å². The van der Waals surface area contributed by atoms with Crippen molar-refractivity contribution >= 4 is 23.5 Å². The van der Waals surface area contributed by atoms with Gasteiger partial charge in [0, 0.05) is 31.9 Å². The Bertz CT molecular complexity index is 974. The van der Waals surface area contributed by atoms with Gasteiger partial charge in [-0.2, -0.15) is 0 Å². The molecule has 1 atom stereocenters. The van der Waals surface area contributed by atoms with E-state index in [-0.39, 0.29) is 18.3 Å². The Balaban J connectivity index is 1.40. The van der Waals surface area contributed by atoms with E-state index in [0.717, 1.165) is 10.6 Å². The van der Waals surface area contributed by atoms with Gasteiger partial charge in [0.15, 0.2) is 0 Å². The number of nitrogens with one attached hydrogen (secondary N) is 1. The molecular weight excluding hydrogens is 399 g/mol. The number of piperazine rings is 1. The first kappa shape index (κ1) is 20.8. The topological polar surface area (TPSA) is 73.0 Å². The number of nitrogens with zero attached hydrogens (tertiary/aromatic N) is 3. The fourth-order valence-electron chi connectivity index (χ4n) is 4.23. The van der Waals surface area contributed by atoms with E-state index in [9.17, 15) is 18.8 Å². The van der Waals surface area contributed by atoms with Crippen LogP contribution in [0.1, 0.15) is 18.9 Å². The third kappa shape index (κ3) is 3.85. The molecule has 1 N–H and O–H groups in total. The van der Waals surface area contributed by atoms with Gasteiger partial charge >= 0.3 is 6.03 Å². The largest absolute Gasteiger partial charge is 0.368 e. The molecule has 2 aliphatic heterocycles. The first-order chi connectivity index (χ1) is 14.9. The molecule has 2 fully saturated rings. The fourth-order valence-corrected chi connectivity index (χ4v) is 4.23. The number of amides is 4. The standard InChI is InChI=1S/C23H25FN4O3/c1-2-23(17-6-4-3-5-7-17)21(30)28(22(31)25-23)16-20(29)27-14-12-26(13-15-27)19-10-8-18(24)9-11-19/h3-11H,2,12-16H2,1H3,(H,25,31)/t23-/m0/s1.